The van der Waals surface area contributed by atoms with Crippen LogP contribution in [0.1, 0.15) is 45.1 Å². The Balaban J connectivity index is 2.26. The Morgan fingerprint density at radius 1 is 1.35 bits per heavy atom. The van der Waals surface area contributed by atoms with Gasteiger partial charge < -0.3 is 5.32 Å². The highest BCUT2D eigenvalue weighted by Gasteiger charge is 2.05. The zero-order valence-electron chi connectivity index (χ0n) is 10.9. The molecule has 1 N–H and O–H groups in total. The second-order valence-corrected chi connectivity index (χ2v) is 4.56. The van der Waals surface area contributed by atoms with Crippen LogP contribution in [0, 0.1) is 11.7 Å². The number of halogens is 1. The Morgan fingerprint density at radius 2 is 2.18 bits per heavy atom. The van der Waals surface area contributed by atoms with E-state index < -0.39 is 0 Å². The first-order chi connectivity index (χ1) is 8.26. The fourth-order valence-corrected chi connectivity index (χ4v) is 1.92. The molecule has 3 heteroatoms. The van der Waals surface area contributed by atoms with Gasteiger partial charge in [-0.1, -0.05) is 33.1 Å². The van der Waals surface area contributed by atoms with Crippen LogP contribution in [0.5, 0.6) is 0 Å². The molecule has 0 saturated heterocycles. The molecule has 0 spiro atoms. The Hall–Kier alpha value is -0.960. The van der Waals surface area contributed by atoms with Crippen molar-refractivity contribution in [3.05, 3.63) is 29.8 Å². The number of nitrogens with zero attached hydrogens (tertiary/aromatic N) is 1. The SMILES string of the molecule is CCCCC(CC)CNCc1cncc(F)c1. The van der Waals surface area contributed by atoms with Crippen LogP contribution in [-0.4, -0.2) is 11.5 Å². The molecule has 2 nitrogen and oxygen atoms in total. The van der Waals surface area contributed by atoms with Crippen molar-refractivity contribution in [3.63, 3.8) is 0 Å². The molecule has 0 amide bonds. The second-order valence-electron chi connectivity index (χ2n) is 4.56. The molecule has 1 aromatic rings. The van der Waals surface area contributed by atoms with Gasteiger partial charge in [-0.25, -0.2) is 4.39 Å². The molecule has 0 radical (unpaired) electrons. The van der Waals surface area contributed by atoms with Crippen molar-refractivity contribution < 1.29 is 4.39 Å². The molecule has 0 aliphatic carbocycles. The van der Waals surface area contributed by atoms with E-state index in [1.165, 1.54) is 37.9 Å². The lowest BCUT2D eigenvalue weighted by molar-refractivity contribution is 0.419. The van der Waals surface area contributed by atoms with Gasteiger partial charge in [-0.15, -0.1) is 0 Å². The van der Waals surface area contributed by atoms with Gasteiger partial charge >= 0.3 is 0 Å². The van der Waals surface area contributed by atoms with Crippen molar-refractivity contribution in [1.82, 2.24) is 10.3 Å². The summed E-state index contributed by atoms with van der Waals surface area (Å²) in [6.45, 7) is 6.16. The monoisotopic (exact) mass is 238 g/mol. The highest BCUT2D eigenvalue weighted by Crippen LogP contribution is 2.11. The molecule has 0 fully saturated rings. The number of pyridine rings is 1. The van der Waals surface area contributed by atoms with E-state index >= 15 is 0 Å². The standard InChI is InChI=1S/C14H23FN2/c1-3-5-6-12(4-2)8-16-9-13-7-14(15)11-17-10-13/h7,10-12,16H,3-6,8-9H2,1-2H3. The van der Waals surface area contributed by atoms with Gasteiger partial charge in [-0.05, 0) is 30.5 Å². The Bertz CT molecular complexity index is 315. The summed E-state index contributed by atoms with van der Waals surface area (Å²) in [7, 11) is 0. The summed E-state index contributed by atoms with van der Waals surface area (Å²) < 4.78 is 12.9. The predicted molar refractivity (Wildman–Crippen MR) is 69.2 cm³/mol. The summed E-state index contributed by atoms with van der Waals surface area (Å²) in [5, 5.41) is 3.38. The molecule has 1 heterocycles. The summed E-state index contributed by atoms with van der Waals surface area (Å²) in [6, 6.07) is 1.53. The maximum Gasteiger partial charge on any atom is 0.141 e. The zero-order valence-corrected chi connectivity index (χ0v) is 10.9. The van der Waals surface area contributed by atoms with E-state index in [2.05, 4.69) is 24.1 Å². The van der Waals surface area contributed by atoms with Gasteiger partial charge in [0.2, 0.25) is 0 Å². The molecular formula is C14H23FN2. The molecule has 17 heavy (non-hydrogen) atoms. The molecule has 0 saturated carbocycles. The summed E-state index contributed by atoms with van der Waals surface area (Å²) in [4.78, 5) is 3.84. The highest BCUT2D eigenvalue weighted by molar-refractivity contribution is 5.09. The third kappa shape index (κ3) is 5.78. The molecule has 0 aliphatic heterocycles. The zero-order chi connectivity index (χ0) is 12.5. The lowest BCUT2D eigenvalue weighted by atomic mass is 9.99. The van der Waals surface area contributed by atoms with Crippen molar-refractivity contribution in [1.29, 1.82) is 0 Å². The van der Waals surface area contributed by atoms with Crippen molar-refractivity contribution in [2.75, 3.05) is 6.54 Å². The maximum absolute atomic E-state index is 12.9. The summed E-state index contributed by atoms with van der Waals surface area (Å²) >= 11 is 0. The Morgan fingerprint density at radius 3 is 2.82 bits per heavy atom. The minimum atomic E-state index is -0.262. The van der Waals surface area contributed by atoms with E-state index in [4.69, 9.17) is 0 Å². The second kappa shape index (κ2) is 8.18. The molecule has 1 unspecified atom stereocenters. The van der Waals surface area contributed by atoms with E-state index in [1.807, 2.05) is 0 Å². The van der Waals surface area contributed by atoms with Gasteiger partial charge in [0, 0.05) is 12.7 Å². The number of unbranched alkanes of at least 4 members (excludes halogenated alkanes) is 1. The first kappa shape index (κ1) is 14.1. The molecule has 1 rings (SSSR count). The average molecular weight is 238 g/mol. The van der Waals surface area contributed by atoms with Crippen LogP contribution >= 0.6 is 0 Å². The van der Waals surface area contributed by atoms with Crippen LogP contribution in [0.3, 0.4) is 0 Å². The lowest BCUT2D eigenvalue weighted by Gasteiger charge is -2.15. The van der Waals surface area contributed by atoms with E-state index in [0.717, 1.165) is 18.0 Å². The van der Waals surface area contributed by atoms with Crippen LogP contribution < -0.4 is 5.32 Å². The average Bonchev–Trinajstić information content (AvgIpc) is 2.33. The minimum Gasteiger partial charge on any atom is -0.312 e. The fourth-order valence-electron chi connectivity index (χ4n) is 1.92. The molecule has 0 aliphatic rings. The van der Waals surface area contributed by atoms with Crippen LogP contribution in [0.4, 0.5) is 4.39 Å². The van der Waals surface area contributed by atoms with E-state index in [9.17, 15) is 4.39 Å². The van der Waals surface area contributed by atoms with Crippen molar-refractivity contribution in [2.24, 2.45) is 5.92 Å². The molecule has 1 atom stereocenters. The van der Waals surface area contributed by atoms with E-state index in [1.54, 1.807) is 6.20 Å². The minimum absolute atomic E-state index is 0.262. The Labute approximate surface area is 104 Å². The van der Waals surface area contributed by atoms with Gasteiger partial charge in [-0.2, -0.15) is 0 Å². The normalized spacial score (nSPS) is 12.6. The van der Waals surface area contributed by atoms with Crippen molar-refractivity contribution in [3.8, 4) is 0 Å². The molecule has 96 valence electrons. The van der Waals surface area contributed by atoms with E-state index in [0.29, 0.717) is 6.54 Å². The van der Waals surface area contributed by atoms with Crippen LogP contribution in [0.2, 0.25) is 0 Å². The first-order valence-corrected chi connectivity index (χ1v) is 6.56. The van der Waals surface area contributed by atoms with Crippen LogP contribution in [0.15, 0.2) is 18.5 Å². The molecule has 0 bridgehead atoms. The van der Waals surface area contributed by atoms with Crippen LogP contribution in [0.25, 0.3) is 0 Å². The quantitative estimate of drug-likeness (QED) is 0.749. The molecule has 0 aromatic carbocycles. The first-order valence-electron chi connectivity index (χ1n) is 6.56. The van der Waals surface area contributed by atoms with Crippen molar-refractivity contribution >= 4 is 0 Å². The number of aromatic nitrogens is 1. The third-order valence-electron chi connectivity index (χ3n) is 3.07. The number of hydrogen-bond donors (Lipinski definition) is 1. The third-order valence-corrected chi connectivity index (χ3v) is 3.07. The van der Waals surface area contributed by atoms with Crippen LogP contribution in [-0.2, 0) is 6.54 Å². The Kier molecular flexibility index (Phi) is 6.78. The molecular weight excluding hydrogens is 215 g/mol. The summed E-state index contributed by atoms with van der Waals surface area (Å²) in [6.07, 6.45) is 7.98. The van der Waals surface area contributed by atoms with Gasteiger partial charge in [0.25, 0.3) is 0 Å². The van der Waals surface area contributed by atoms with E-state index in [-0.39, 0.29) is 5.82 Å². The number of rotatable bonds is 8. The van der Waals surface area contributed by atoms with Gasteiger partial charge in [-0.3, -0.25) is 4.98 Å². The predicted octanol–water partition coefficient (Wildman–Crippen LogP) is 3.53. The largest absolute Gasteiger partial charge is 0.312 e. The number of nitrogens with one attached hydrogen (secondary N) is 1. The highest BCUT2D eigenvalue weighted by atomic mass is 19.1. The number of hydrogen-bond acceptors (Lipinski definition) is 2. The van der Waals surface area contributed by atoms with Gasteiger partial charge in [0.05, 0.1) is 6.20 Å². The van der Waals surface area contributed by atoms with Gasteiger partial charge in [0.1, 0.15) is 5.82 Å². The maximum atomic E-state index is 12.9. The topological polar surface area (TPSA) is 24.9 Å². The summed E-state index contributed by atoms with van der Waals surface area (Å²) in [5.41, 5.74) is 0.912. The smallest absolute Gasteiger partial charge is 0.141 e. The van der Waals surface area contributed by atoms with Crippen molar-refractivity contribution in [2.45, 2.75) is 46.1 Å². The fraction of sp³-hybridized carbons (Fsp3) is 0.643. The molecule has 1 aromatic heterocycles. The summed E-state index contributed by atoms with van der Waals surface area (Å²) in [5.74, 6) is 0.471. The lowest BCUT2D eigenvalue weighted by Crippen LogP contribution is -2.22. The van der Waals surface area contributed by atoms with Gasteiger partial charge in [0.15, 0.2) is 0 Å².